The van der Waals surface area contributed by atoms with Crippen molar-refractivity contribution in [3.05, 3.63) is 303 Å². The molecule has 2 nitrogen and oxygen atoms in total. The minimum atomic E-state index is 1.09. The molecule has 0 bridgehead atoms. The Kier molecular flexibility index (Phi) is 16.9. The van der Waals surface area contributed by atoms with Crippen molar-refractivity contribution in [2.75, 3.05) is 4.90 Å². The van der Waals surface area contributed by atoms with Gasteiger partial charge in [0.1, 0.15) is 0 Å². The van der Waals surface area contributed by atoms with Crippen molar-refractivity contribution in [2.45, 2.75) is 41.5 Å². The molecule has 80 heavy (non-hydrogen) atoms. The second kappa shape index (κ2) is 25.1. The van der Waals surface area contributed by atoms with E-state index in [-0.39, 0.29) is 0 Å². The lowest BCUT2D eigenvalue weighted by Crippen LogP contribution is -2.09. The molecule has 12 aromatic carbocycles. The number of para-hydroxylation sites is 2. The number of hydrogen-bond donors (Lipinski definition) is 0. The fourth-order valence-corrected chi connectivity index (χ4v) is 10.8. The van der Waals surface area contributed by atoms with Crippen molar-refractivity contribution in [3.63, 3.8) is 0 Å². The summed E-state index contributed by atoms with van der Waals surface area (Å²) in [4.78, 5) is 2.36. The summed E-state index contributed by atoms with van der Waals surface area (Å²) in [6.07, 6.45) is 3.95. The topological polar surface area (TPSA) is 8.17 Å². The summed E-state index contributed by atoms with van der Waals surface area (Å²) in [5.74, 6) is 0. The van der Waals surface area contributed by atoms with Gasteiger partial charge in [0.15, 0.2) is 0 Å². The molecule has 0 unspecified atom stereocenters. The van der Waals surface area contributed by atoms with Crippen LogP contribution in [0.25, 0.3) is 105 Å². The second-order valence-electron chi connectivity index (χ2n) is 19.5. The van der Waals surface area contributed by atoms with Gasteiger partial charge in [-0.25, -0.2) is 0 Å². The summed E-state index contributed by atoms with van der Waals surface area (Å²) in [6.45, 7) is 15.6. The van der Waals surface area contributed by atoms with Crippen molar-refractivity contribution < 1.29 is 0 Å². The van der Waals surface area contributed by atoms with Crippen LogP contribution in [0.2, 0.25) is 0 Å². The number of hydrogen-bond acceptors (Lipinski definition) is 1. The van der Waals surface area contributed by atoms with Crippen LogP contribution in [0.1, 0.15) is 41.5 Å². The summed E-state index contributed by atoms with van der Waals surface area (Å²) in [6, 6.07) is 102. The Hall–Kier alpha value is -9.76. The third-order valence-electron chi connectivity index (χ3n) is 14.4. The number of aromatic nitrogens is 1. The number of allylic oxidation sites excluding steroid dienone is 3. The van der Waals surface area contributed by atoms with Crippen molar-refractivity contribution in [3.8, 4) is 61.3 Å². The van der Waals surface area contributed by atoms with E-state index in [0.29, 0.717) is 0 Å². The molecule has 13 rings (SSSR count). The Labute approximate surface area is 473 Å². The fourth-order valence-electron chi connectivity index (χ4n) is 10.8. The third-order valence-corrected chi connectivity index (χ3v) is 14.4. The number of fused-ring (bicyclic) bond motifs is 5. The average Bonchev–Trinajstić information content (AvgIpc) is 3.92. The summed E-state index contributed by atoms with van der Waals surface area (Å²) in [5, 5.41) is 7.39. The third kappa shape index (κ3) is 11.4. The van der Waals surface area contributed by atoms with Crippen molar-refractivity contribution in [1.82, 2.24) is 4.57 Å². The lowest BCUT2D eigenvalue weighted by molar-refractivity contribution is 1.18. The van der Waals surface area contributed by atoms with Crippen molar-refractivity contribution in [1.29, 1.82) is 0 Å². The molecule has 0 aliphatic heterocycles. The first-order valence-corrected chi connectivity index (χ1v) is 28.1. The highest BCUT2D eigenvalue weighted by molar-refractivity contribution is 6.11. The molecule has 1 aromatic heterocycles. The average molecular weight is 1030 g/mol. The summed E-state index contributed by atoms with van der Waals surface area (Å²) < 4.78 is 2.46. The second-order valence-corrected chi connectivity index (χ2v) is 19.5. The van der Waals surface area contributed by atoms with Crippen LogP contribution in [-0.4, -0.2) is 4.57 Å². The molecule has 0 radical (unpaired) electrons. The van der Waals surface area contributed by atoms with Gasteiger partial charge in [0.2, 0.25) is 0 Å². The van der Waals surface area contributed by atoms with Crippen molar-refractivity contribution in [2.24, 2.45) is 0 Å². The first-order valence-electron chi connectivity index (χ1n) is 28.1. The van der Waals surface area contributed by atoms with E-state index in [1.54, 1.807) is 0 Å². The highest BCUT2D eigenvalue weighted by atomic mass is 15.1. The molecular weight excluding hydrogens is 965 g/mol. The maximum atomic E-state index is 3.66. The highest BCUT2D eigenvalue weighted by Crippen LogP contribution is 2.42. The van der Waals surface area contributed by atoms with E-state index in [1.165, 1.54) is 93.4 Å². The Balaban J connectivity index is 0.000000671. The number of benzene rings is 12. The number of nitrogens with zero attached hydrogens (tertiary/aromatic N) is 2. The quantitative estimate of drug-likeness (QED) is 0.124. The van der Waals surface area contributed by atoms with E-state index in [1.807, 2.05) is 53.7 Å². The number of anilines is 3. The van der Waals surface area contributed by atoms with Crippen LogP contribution >= 0.6 is 0 Å². The maximum absolute atomic E-state index is 3.66. The normalized spacial score (nSPS) is 10.9. The van der Waals surface area contributed by atoms with Gasteiger partial charge in [-0.3, -0.25) is 0 Å². The SMILES string of the molecule is C=C(C)/C=C\C.CC.CC.c1ccc(-c2cccc(-c3ccc(N(c4ccccc4)c4cccc(-c5ccc6c(c5)c5ccccc5n6-c5cc(-c6ccc7ccccc7c6)cc(-c6cccc7ccccc67)c5)c4)cc3)c2)cc1. The van der Waals surface area contributed by atoms with E-state index in [2.05, 4.69) is 295 Å². The van der Waals surface area contributed by atoms with Gasteiger partial charge in [-0.05, 0) is 176 Å². The lowest BCUT2D eigenvalue weighted by atomic mass is 9.93. The standard InChI is InChI=1S/C68H46N2.C6H10.2C2H6/c1-3-16-47(17-4-1)52-22-13-23-53(40-52)49-34-37-60(38-35-49)69(59-25-5-2-6-26-59)61-27-14-24-54(43-61)56-36-39-68-66(46-56)65-29-11-12-31-67(65)70(68)62-44-57(55-33-32-48-18-7-8-20-51(48)41-55)42-58(45-62)64-30-15-21-50-19-9-10-28-63(50)64;1-4-5-6(2)3;2*1-2/h1-46H;4-5H,2H2,1,3H3;2*1-2H3/b;5-4-;;. The largest absolute Gasteiger partial charge is 0.310 e. The zero-order valence-electron chi connectivity index (χ0n) is 46.8. The minimum absolute atomic E-state index is 1.09. The number of rotatable bonds is 10. The molecule has 1 heterocycles. The van der Waals surface area contributed by atoms with E-state index in [0.717, 1.165) is 33.9 Å². The maximum Gasteiger partial charge on any atom is 0.0541 e. The Morgan fingerprint density at radius 1 is 0.338 bits per heavy atom. The van der Waals surface area contributed by atoms with E-state index in [9.17, 15) is 0 Å². The van der Waals surface area contributed by atoms with Crippen LogP contribution in [0.5, 0.6) is 0 Å². The van der Waals surface area contributed by atoms with Crippen LogP contribution in [0.15, 0.2) is 303 Å². The smallest absolute Gasteiger partial charge is 0.0541 e. The predicted molar refractivity (Wildman–Crippen MR) is 350 cm³/mol. The predicted octanol–water partition coefficient (Wildman–Crippen LogP) is 23.1. The Morgan fingerprint density at radius 3 is 1.52 bits per heavy atom. The fraction of sp³-hybridized carbons (Fsp3) is 0.0769. The van der Waals surface area contributed by atoms with Gasteiger partial charge in [-0.1, -0.05) is 246 Å². The Bertz CT molecular complexity index is 4250. The molecule has 0 saturated carbocycles. The monoisotopic (exact) mass is 1030 g/mol. The van der Waals surface area contributed by atoms with Gasteiger partial charge in [0.05, 0.1) is 11.0 Å². The molecule has 0 N–H and O–H groups in total. The molecule has 0 fully saturated rings. The molecule has 0 aliphatic carbocycles. The van der Waals surface area contributed by atoms with Gasteiger partial charge < -0.3 is 9.47 Å². The van der Waals surface area contributed by atoms with Crippen LogP contribution < -0.4 is 4.90 Å². The van der Waals surface area contributed by atoms with Crippen LogP contribution in [-0.2, 0) is 0 Å². The summed E-state index contributed by atoms with van der Waals surface area (Å²) >= 11 is 0. The van der Waals surface area contributed by atoms with Crippen LogP contribution in [0.4, 0.5) is 17.1 Å². The first-order chi connectivity index (χ1) is 39.5. The molecular formula is C78H68N2. The molecule has 13 aromatic rings. The zero-order chi connectivity index (χ0) is 55.4. The van der Waals surface area contributed by atoms with E-state index in [4.69, 9.17) is 0 Å². The van der Waals surface area contributed by atoms with Crippen molar-refractivity contribution >= 4 is 60.4 Å². The lowest BCUT2D eigenvalue weighted by Gasteiger charge is -2.26. The van der Waals surface area contributed by atoms with Gasteiger partial charge >= 0.3 is 0 Å². The van der Waals surface area contributed by atoms with Gasteiger partial charge in [-0.15, -0.1) is 0 Å². The van der Waals surface area contributed by atoms with Gasteiger partial charge in [-0.2, -0.15) is 0 Å². The molecule has 0 atom stereocenters. The zero-order valence-corrected chi connectivity index (χ0v) is 46.8. The molecule has 390 valence electrons. The van der Waals surface area contributed by atoms with Gasteiger partial charge in [0, 0.05) is 33.5 Å². The minimum Gasteiger partial charge on any atom is -0.310 e. The van der Waals surface area contributed by atoms with Crippen LogP contribution in [0, 0.1) is 0 Å². The Morgan fingerprint density at radius 2 is 0.812 bits per heavy atom. The molecule has 0 spiro atoms. The molecule has 2 heteroatoms. The molecule has 0 amide bonds. The molecule has 0 aliphatic rings. The van der Waals surface area contributed by atoms with Crippen LogP contribution in [0.3, 0.4) is 0 Å². The summed E-state index contributed by atoms with van der Waals surface area (Å²) in [7, 11) is 0. The highest BCUT2D eigenvalue weighted by Gasteiger charge is 2.18. The summed E-state index contributed by atoms with van der Waals surface area (Å²) in [5.41, 5.74) is 19.8. The van der Waals surface area contributed by atoms with Gasteiger partial charge in [0.25, 0.3) is 0 Å². The van der Waals surface area contributed by atoms with E-state index >= 15 is 0 Å². The molecule has 0 saturated heterocycles. The van der Waals surface area contributed by atoms with E-state index < -0.39 is 0 Å². The first kappa shape index (κ1) is 53.6.